The minimum absolute atomic E-state index is 0.602. The summed E-state index contributed by atoms with van der Waals surface area (Å²) >= 11 is 1.50. The molecule has 1 atom stereocenters. The normalized spacial score (nSPS) is 12.2. The minimum Gasteiger partial charge on any atom is -0.480 e. The summed E-state index contributed by atoms with van der Waals surface area (Å²) in [6.07, 6.45) is 3.35. The third-order valence-electron chi connectivity index (χ3n) is 2.14. The fourth-order valence-electron chi connectivity index (χ4n) is 0.998. The Balaban J connectivity index is 2.90. The van der Waals surface area contributed by atoms with Crippen LogP contribution in [0.15, 0.2) is 17.4 Å². The van der Waals surface area contributed by atoms with E-state index in [2.05, 4.69) is 9.97 Å². The summed E-state index contributed by atoms with van der Waals surface area (Å²) in [6, 6.07) is 1.17. The van der Waals surface area contributed by atoms with Gasteiger partial charge in [0.05, 0.1) is 0 Å². The zero-order valence-electron chi connectivity index (χ0n) is 8.84. The Labute approximate surface area is 92.5 Å². The highest BCUT2D eigenvalue weighted by atomic mass is 32.2. The van der Waals surface area contributed by atoms with Crippen LogP contribution < -0.4 is 4.90 Å². The number of nitrogens with zero attached hydrogens (tertiary/aromatic N) is 3. The molecular formula is C9H13N3O2S. The van der Waals surface area contributed by atoms with Gasteiger partial charge in [0, 0.05) is 13.1 Å². The lowest BCUT2D eigenvalue weighted by molar-refractivity contribution is -0.138. The molecule has 1 unspecified atom stereocenters. The monoisotopic (exact) mass is 227 g/mol. The van der Waals surface area contributed by atoms with Crippen molar-refractivity contribution in [3.63, 3.8) is 0 Å². The SMILES string of the molecule is CSc1cc(N(C)C(C)C(=O)O)ncn1. The molecule has 0 aliphatic heterocycles. The van der Waals surface area contributed by atoms with E-state index in [1.165, 1.54) is 18.1 Å². The fourth-order valence-corrected chi connectivity index (χ4v) is 1.37. The van der Waals surface area contributed by atoms with Crippen molar-refractivity contribution in [2.45, 2.75) is 18.0 Å². The van der Waals surface area contributed by atoms with Crippen molar-refractivity contribution in [2.24, 2.45) is 0 Å². The molecule has 82 valence electrons. The molecule has 0 aliphatic rings. The molecule has 6 heteroatoms. The van der Waals surface area contributed by atoms with Gasteiger partial charge in [-0.2, -0.15) is 0 Å². The van der Waals surface area contributed by atoms with Gasteiger partial charge < -0.3 is 10.0 Å². The van der Waals surface area contributed by atoms with Gasteiger partial charge in [-0.15, -0.1) is 11.8 Å². The Morgan fingerprint density at radius 1 is 1.60 bits per heavy atom. The maximum Gasteiger partial charge on any atom is 0.326 e. The van der Waals surface area contributed by atoms with E-state index in [1.54, 1.807) is 24.9 Å². The summed E-state index contributed by atoms with van der Waals surface area (Å²) in [5, 5.41) is 9.67. The summed E-state index contributed by atoms with van der Waals surface area (Å²) in [5.74, 6) is -0.258. The van der Waals surface area contributed by atoms with Crippen LogP contribution in [0.2, 0.25) is 0 Å². The van der Waals surface area contributed by atoms with Crippen molar-refractivity contribution < 1.29 is 9.90 Å². The number of thioether (sulfide) groups is 1. The van der Waals surface area contributed by atoms with Gasteiger partial charge in [0.1, 0.15) is 23.2 Å². The van der Waals surface area contributed by atoms with E-state index < -0.39 is 12.0 Å². The van der Waals surface area contributed by atoms with Crippen LogP contribution in [0.3, 0.4) is 0 Å². The summed E-state index contributed by atoms with van der Waals surface area (Å²) in [6.45, 7) is 1.61. The van der Waals surface area contributed by atoms with Crippen LogP contribution in [-0.2, 0) is 4.79 Å². The molecule has 1 rings (SSSR count). The number of hydrogen-bond acceptors (Lipinski definition) is 5. The van der Waals surface area contributed by atoms with E-state index >= 15 is 0 Å². The van der Waals surface area contributed by atoms with Crippen molar-refractivity contribution in [2.75, 3.05) is 18.2 Å². The Hall–Kier alpha value is -1.30. The first-order valence-electron chi connectivity index (χ1n) is 4.38. The second-order valence-corrected chi connectivity index (χ2v) is 3.87. The number of hydrogen-bond donors (Lipinski definition) is 1. The van der Waals surface area contributed by atoms with Gasteiger partial charge in [-0.05, 0) is 13.2 Å². The van der Waals surface area contributed by atoms with E-state index in [0.717, 1.165) is 5.03 Å². The highest BCUT2D eigenvalue weighted by Crippen LogP contribution is 2.17. The maximum absolute atomic E-state index is 10.8. The second kappa shape index (κ2) is 4.97. The summed E-state index contributed by atoms with van der Waals surface area (Å²) < 4.78 is 0. The topological polar surface area (TPSA) is 66.3 Å². The van der Waals surface area contributed by atoms with Crippen LogP contribution in [0.25, 0.3) is 0 Å². The third kappa shape index (κ3) is 2.82. The second-order valence-electron chi connectivity index (χ2n) is 3.04. The van der Waals surface area contributed by atoms with E-state index in [-0.39, 0.29) is 0 Å². The first kappa shape index (κ1) is 11.8. The van der Waals surface area contributed by atoms with Crippen molar-refractivity contribution in [1.82, 2.24) is 9.97 Å². The van der Waals surface area contributed by atoms with E-state index in [1.807, 2.05) is 6.26 Å². The van der Waals surface area contributed by atoms with Gasteiger partial charge in [0.25, 0.3) is 0 Å². The molecule has 5 nitrogen and oxygen atoms in total. The molecule has 0 aliphatic carbocycles. The molecule has 1 aromatic rings. The number of aliphatic carboxylic acids is 1. The number of carboxylic acid groups (broad SMARTS) is 1. The number of carboxylic acids is 1. The Kier molecular flexibility index (Phi) is 3.90. The molecule has 0 aromatic carbocycles. The first-order valence-corrected chi connectivity index (χ1v) is 5.60. The molecule has 0 radical (unpaired) electrons. The van der Waals surface area contributed by atoms with Gasteiger partial charge in [-0.1, -0.05) is 0 Å². The lowest BCUT2D eigenvalue weighted by Crippen LogP contribution is -2.36. The average Bonchev–Trinajstić information content (AvgIpc) is 2.27. The summed E-state index contributed by atoms with van der Waals surface area (Å²) in [7, 11) is 1.70. The first-order chi connectivity index (χ1) is 7.06. The lowest BCUT2D eigenvalue weighted by atomic mass is 10.3. The van der Waals surface area contributed by atoms with E-state index in [4.69, 9.17) is 5.11 Å². The number of likely N-dealkylation sites (N-methyl/N-ethyl adjacent to an activating group) is 1. The van der Waals surface area contributed by atoms with Gasteiger partial charge in [-0.25, -0.2) is 14.8 Å². The molecule has 0 fully saturated rings. The third-order valence-corrected chi connectivity index (χ3v) is 2.78. The number of anilines is 1. The maximum atomic E-state index is 10.8. The molecule has 0 saturated heterocycles. The highest BCUT2D eigenvalue weighted by Gasteiger charge is 2.18. The van der Waals surface area contributed by atoms with Crippen LogP contribution in [0.4, 0.5) is 5.82 Å². The lowest BCUT2D eigenvalue weighted by Gasteiger charge is -2.22. The smallest absolute Gasteiger partial charge is 0.326 e. The number of aromatic nitrogens is 2. The van der Waals surface area contributed by atoms with Crippen LogP contribution in [0, 0.1) is 0 Å². The standard InChI is InChI=1S/C9H13N3O2S/c1-6(9(13)14)12(2)7-4-8(15-3)11-5-10-7/h4-6H,1-3H3,(H,13,14). The van der Waals surface area contributed by atoms with Gasteiger partial charge in [-0.3, -0.25) is 0 Å². The van der Waals surface area contributed by atoms with Crippen LogP contribution in [0.1, 0.15) is 6.92 Å². The molecule has 0 spiro atoms. The molecule has 0 saturated carbocycles. The molecule has 15 heavy (non-hydrogen) atoms. The molecule has 0 amide bonds. The molecule has 1 heterocycles. The van der Waals surface area contributed by atoms with Gasteiger partial charge >= 0.3 is 5.97 Å². The molecule has 1 N–H and O–H groups in total. The van der Waals surface area contributed by atoms with Crippen molar-refractivity contribution in [3.8, 4) is 0 Å². The number of carbonyl (C=O) groups is 1. The molecule has 1 aromatic heterocycles. The van der Waals surface area contributed by atoms with Gasteiger partial charge in [0.2, 0.25) is 0 Å². The Morgan fingerprint density at radius 2 is 2.27 bits per heavy atom. The predicted octanol–water partition coefficient (Wildman–Crippen LogP) is 1.11. The minimum atomic E-state index is -0.873. The van der Waals surface area contributed by atoms with Gasteiger partial charge in [0.15, 0.2) is 0 Å². The fraction of sp³-hybridized carbons (Fsp3) is 0.444. The van der Waals surface area contributed by atoms with Crippen molar-refractivity contribution in [1.29, 1.82) is 0 Å². The van der Waals surface area contributed by atoms with Crippen molar-refractivity contribution in [3.05, 3.63) is 12.4 Å². The zero-order valence-corrected chi connectivity index (χ0v) is 9.65. The summed E-state index contributed by atoms with van der Waals surface area (Å²) in [5.41, 5.74) is 0. The van der Waals surface area contributed by atoms with E-state index in [0.29, 0.717) is 5.82 Å². The number of rotatable bonds is 4. The molecule has 0 bridgehead atoms. The zero-order chi connectivity index (χ0) is 11.4. The van der Waals surface area contributed by atoms with E-state index in [9.17, 15) is 4.79 Å². The largest absolute Gasteiger partial charge is 0.480 e. The Morgan fingerprint density at radius 3 is 2.80 bits per heavy atom. The highest BCUT2D eigenvalue weighted by molar-refractivity contribution is 7.98. The predicted molar refractivity (Wildman–Crippen MR) is 59.3 cm³/mol. The molecular weight excluding hydrogens is 214 g/mol. The van der Waals surface area contributed by atoms with Crippen LogP contribution >= 0.6 is 11.8 Å². The Bertz CT molecular complexity index is 359. The summed E-state index contributed by atoms with van der Waals surface area (Å²) in [4.78, 5) is 20.4. The van der Waals surface area contributed by atoms with Crippen molar-refractivity contribution >= 4 is 23.5 Å². The van der Waals surface area contributed by atoms with Crippen LogP contribution in [0.5, 0.6) is 0 Å². The van der Waals surface area contributed by atoms with Crippen LogP contribution in [-0.4, -0.2) is 40.4 Å². The average molecular weight is 227 g/mol. The quantitative estimate of drug-likeness (QED) is 0.614.